The molecule has 1 N–H and O–H groups in total. The zero-order valence-corrected chi connectivity index (χ0v) is 13.9. The molecule has 0 spiro atoms. The monoisotopic (exact) mass is 330 g/mol. The number of rotatable bonds is 6. The summed E-state index contributed by atoms with van der Waals surface area (Å²) in [5, 5.41) is 3.28. The maximum absolute atomic E-state index is 13.3. The Hall–Kier alpha value is -2.21. The van der Waals surface area contributed by atoms with Gasteiger partial charge in [0.15, 0.2) is 0 Å². The van der Waals surface area contributed by atoms with Crippen LogP contribution >= 0.6 is 0 Å². The Balaban J connectivity index is 1.45. The summed E-state index contributed by atoms with van der Waals surface area (Å²) in [6, 6.07) is 10.9. The molecule has 0 amide bonds. The van der Waals surface area contributed by atoms with Crippen LogP contribution in [0.25, 0.3) is 0 Å². The molecule has 1 aliphatic heterocycles. The minimum atomic E-state index is -0.543. The number of benzene rings is 1. The molecule has 1 aromatic heterocycles. The highest BCUT2D eigenvalue weighted by atomic mass is 19.1. The molecule has 24 heavy (non-hydrogen) atoms. The number of ether oxygens (including phenoxy) is 1. The largest absolute Gasteiger partial charge is 0.479 e. The average molecular weight is 330 g/mol. The van der Waals surface area contributed by atoms with Gasteiger partial charge < -0.3 is 15.0 Å². The third-order valence-electron chi connectivity index (χ3n) is 4.39. The van der Waals surface area contributed by atoms with E-state index in [1.54, 1.807) is 0 Å². The summed E-state index contributed by atoms with van der Waals surface area (Å²) >= 11 is 0. The molecule has 0 bridgehead atoms. The van der Waals surface area contributed by atoms with Gasteiger partial charge in [-0.05, 0) is 24.8 Å². The Morgan fingerprint density at radius 3 is 2.71 bits per heavy atom. The van der Waals surface area contributed by atoms with Crippen LogP contribution in [0.3, 0.4) is 0 Å². The summed E-state index contributed by atoms with van der Waals surface area (Å²) in [5.41, 5.74) is 1.38. The Morgan fingerprint density at radius 2 is 2.00 bits per heavy atom. The molecule has 0 saturated carbocycles. The minimum Gasteiger partial charge on any atom is -0.479 e. The van der Waals surface area contributed by atoms with Crippen LogP contribution in [0.15, 0.2) is 36.5 Å². The summed E-state index contributed by atoms with van der Waals surface area (Å²) in [6.45, 7) is 3.17. The number of piperidine rings is 1. The van der Waals surface area contributed by atoms with Gasteiger partial charge in [-0.15, -0.1) is 0 Å². The minimum absolute atomic E-state index is 0.0206. The van der Waals surface area contributed by atoms with E-state index in [1.165, 1.54) is 12.7 Å². The number of anilines is 1. The molecule has 6 heteroatoms. The van der Waals surface area contributed by atoms with Crippen molar-refractivity contribution in [3.05, 3.63) is 47.9 Å². The molecule has 1 fully saturated rings. The van der Waals surface area contributed by atoms with E-state index in [-0.39, 0.29) is 5.88 Å². The van der Waals surface area contributed by atoms with Crippen molar-refractivity contribution in [3.63, 3.8) is 0 Å². The van der Waals surface area contributed by atoms with Crippen LogP contribution < -0.4 is 10.1 Å². The summed E-state index contributed by atoms with van der Waals surface area (Å²) in [4.78, 5) is 10.5. The van der Waals surface area contributed by atoms with Crippen molar-refractivity contribution in [2.75, 3.05) is 32.1 Å². The van der Waals surface area contributed by atoms with Crippen LogP contribution in [-0.2, 0) is 6.42 Å². The summed E-state index contributed by atoms with van der Waals surface area (Å²) in [7, 11) is 1.40. The lowest BCUT2D eigenvalue weighted by Gasteiger charge is -2.32. The number of aromatic nitrogens is 2. The number of nitrogens with one attached hydrogen (secondary N) is 1. The predicted octanol–water partition coefficient (Wildman–Crippen LogP) is 2.74. The van der Waals surface area contributed by atoms with E-state index in [4.69, 9.17) is 4.74 Å². The van der Waals surface area contributed by atoms with E-state index < -0.39 is 5.82 Å². The molecular weight excluding hydrogens is 307 g/mol. The predicted molar refractivity (Wildman–Crippen MR) is 91.8 cm³/mol. The number of methoxy groups -OCH3 is 1. The Kier molecular flexibility index (Phi) is 5.59. The van der Waals surface area contributed by atoms with Gasteiger partial charge in [0.05, 0.1) is 13.3 Å². The number of nitrogens with zero attached hydrogens (tertiary/aromatic N) is 3. The number of hydrogen-bond acceptors (Lipinski definition) is 5. The lowest BCUT2D eigenvalue weighted by atomic mass is 10.0. The molecule has 2 heterocycles. The third-order valence-corrected chi connectivity index (χ3v) is 4.39. The fraction of sp³-hybridized carbons (Fsp3) is 0.444. The lowest BCUT2D eigenvalue weighted by molar-refractivity contribution is 0.221. The molecule has 1 aliphatic rings. The standard InChI is InChI=1S/C18H23FN4O/c1-24-17-16(19)13-20-18(22-17)21-15-8-11-23(12-9-15)10-7-14-5-3-2-4-6-14/h2-6,13,15H,7-12H2,1H3,(H,20,21,22). The van der Waals surface area contributed by atoms with Crippen molar-refractivity contribution in [2.24, 2.45) is 0 Å². The number of likely N-dealkylation sites (tertiary alicyclic amines) is 1. The van der Waals surface area contributed by atoms with E-state index in [1.807, 2.05) is 6.07 Å². The second-order valence-electron chi connectivity index (χ2n) is 6.05. The number of hydrogen-bond donors (Lipinski definition) is 1. The van der Waals surface area contributed by atoms with Gasteiger partial charge >= 0.3 is 0 Å². The third kappa shape index (κ3) is 4.41. The molecular formula is C18H23FN4O. The topological polar surface area (TPSA) is 50.3 Å². The second kappa shape index (κ2) is 8.06. The van der Waals surface area contributed by atoms with E-state index >= 15 is 0 Å². The highest BCUT2D eigenvalue weighted by molar-refractivity contribution is 5.29. The Labute approximate surface area is 141 Å². The lowest BCUT2D eigenvalue weighted by Crippen LogP contribution is -2.40. The molecule has 1 saturated heterocycles. The molecule has 3 rings (SSSR count). The summed E-state index contributed by atoms with van der Waals surface area (Å²) < 4.78 is 18.2. The van der Waals surface area contributed by atoms with Gasteiger partial charge in [0.1, 0.15) is 0 Å². The van der Waals surface area contributed by atoms with Crippen molar-refractivity contribution >= 4 is 5.95 Å². The van der Waals surface area contributed by atoms with E-state index in [0.717, 1.165) is 45.1 Å². The van der Waals surface area contributed by atoms with Crippen LogP contribution in [0, 0.1) is 5.82 Å². The molecule has 5 nitrogen and oxygen atoms in total. The molecule has 2 aromatic rings. The van der Waals surface area contributed by atoms with Crippen molar-refractivity contribution in [1.82, 2.24) is 14.9 Å². The highest BCUT2D eigenvalue weighted by Crippen LogP contribution is 2.18. The van der Waals surface area contributed by atoms with Crippen LogP contribution in [0.4, 0.5) is 10.3 Å². The van der Waals surface area contributed by atoms with Crippen molar-refractivity contribution in [2.45, 2.75) is 25.3 Å². The van der Waals surface area contributed by atoms with Gasteiger partial charge in [-0.1, -0.05) is 30.3 Å². The van der Waals surface area contributed by atoms with Gasteiger partial charge in [0.2, 0.25) is 11.8 Å². The first-order valence-electron chi connectivity index (χ1n) is 8.34. The zero-order chi connectivity index (χ0) is 16.8. The van der Waals surface area contributed by atoms with Gasteiger partial charge in [-0.3, -0.25) is 0 Å². The van der Waals surface area contributed by atoms with Crippen LogP contribution in [0.5, 0.6) is 5.88 Å². The first-order valence-corrected chi connectivity index (χ1v) is 8.34. The van der Waals surface area contributed by atoms with Gasteiger partial charge in [-0.25, -0.2) is 4.98 Å². The smallest absolute Gasteiger partial charge is 0.255 e. The Morgan fingerprint density at radius 1 is 1.25 bits per heavy atom. The number of halogens is 1. The summed E-state index contributed by atoms with van der Waals surface area (Å²) in [5.74, 6) is -0.137. The van der Waals surface area contributed by atoms with Crippen molar-refractivity contribution in [1.29, 1.82) is 0 Å². The highest BCUT2D eigenvalue weighted by Gasteiger charge is 2.20. The van der Waals surface area contributed by atoms with Crippen LogP contribution in [0.1, 0.15) is 18.4 Å². The fourth-order valence-electron chi connectivity index (χ4n) is 2.98. The molecule has 0 radical (unpaired) electrons. The van der Waals surface area contributed by atoms with E-state index in [9.17, 15) is 4.39 Å². The van der Waals surface area contributed by atoms with Gasteiger partial charge in [0.25, 0.3) is 5.88 Å². The maximum Gasteiger partial charge on any atom is 0.255 e. The molecule has 128 valence electrons. The van der Waals surface area contributed by atoms with Gasteiger partial charge in [-0.2, -0.15) is 9.37 Å². The second-order valence-corrected chi connectivity index (χ2v) is 6.05. The quantitative estimate of drug-likeness (QED) is 0.882. The molecule has 0 aliphatic carbocycles. The molecule has 0 atom stereocenters. The van der Waals surface area contributed by atoms with Gasteiger partial charge in [0, 0.05) is 25.7 Å². The molecule has 0 unspecified atom stereocenters. The fourth-order valence-corrected chi connectivity index (χ4v) is 2.98. The van der Waals surface area contributed by atoms with Crippen LogP contribution in [0.2, 0.25) is 0 Å². The van der Waals surface area contributed by atoms with Crippen molar-refractivity contribution in [3.8, 4) is 5.88 Å². The van der Waals surface area contributed by atoms with Crippen LogP contribution in [-0.4, -0.2) is 47.7 Å². The first-order chi connectivity index (χ1) is 11.7. The Bertz CT molecular complexity index is 645. The molecule has 1 aromatic carbocycles. The van der Waals surface area contributed by atoms with E-state index in [2.05, 4.69) is 44.5 Å². The first kappa shape index (κ1) is 16.6. The van der Waals surface area contributed by atoms with Crippen molar-refractivity contribution < 1.29 is 9.13 Å². The SMILES string of the molecule is COc1nc(NC2CCN(CCc3ccccc3)CC2)ncc1F. The van der Waals surface area contributed by atoms with E-state index in [0.29, 0.717) is 12.0 Å². The summed E-state index contributed by atoms with van der Waals surface area (Å²) in [6.07, 6.45) is 4.27. The maximum atomic E-state index is 13.3. The zero-order valence-electron chi connectivity index (χ0n) is 13.9. The average Bonchev–Trinajstić information content (AvgIpc) is 2.63. The normalized spacial score (nSPS) is 16.1.